The van der Waals surface area contributed by atoms with Gasteiger partial charge in [-0.3, -0.25) is 9.69 Å². The molecule has 0 radical (unpaired) electrons. The Kier molecular flexibility index (Phi) is 6.18. The second kappa shape index (κ2) is 8.66. The van der Waals surface area contributed by atoms with E-state index in [1.807, 2.05) is 0 Å². The van der Waals surface area contributed by atoms with Gasteiger partial charge in [-0.15, -0.1) is 0 Å². The highest BCUT2D eigenvalue weighted by Crippen LogP contribution is 2.40. The van der Waals surface area contributed by atoms with Crippen LogP contribution in [-0.4, -0.2) is 36.0 Å². The van der Waals surface area contributed by atoms with Crippen LogP contribution in [0.2, 0.25) is 0 Å². The Hall–Kier alpha value is -1.57. The smallest absolute Gasteiger partial charge is 0.255 e. The van der Waals surface area contributed by atoms with Crippen LogP contribution in [0.5, 0.6) is 5.75 Å². The number of rotatable bonds is 5. The molecule has 2 aliphatic heterocycles. The zero-order valence-corrected chi connectivity index (χ0v) is 19.5. The lowest BCUT2D eigenvalue weighted by atomic mass is 9.96. The van der Waals surface area contributed by atoms with Gasteiger partial charge in [-0.25, -0.2) is 0 Å². The summed E-state index contributed by atoms with van der Waals surface area (Å²) in [5.41, 5.74) is 8.38. The number of anilines is 1. The minimum atomic E-state index is -0.121. The molecule has 0 aromatic heterocycles. The van der Waals surface area contributed by atoms with Crippen molar-refractivity contribution in [3.63, 3.8) is 0 Å². The van der Waals surface area contributed by atoms with Crippen LogP contribution in [0.4, 0.5) is 5.69 Å². The highest BCUT2D eigenvalue weighted by Gasteiger charge is 2.41. The van der Waals surface area contributed by atoms with E-state index >= 15 is 0 Å². The highest BCUT2D eigenvalue weighted by molar-refractivity contribution is 9.11. The summed E-state index contributed by atoms with van der Waals surface area (Å²) in [6.07, 6.45) is 4.36. The molecule has 2 aliphatic rings. The summed E-state index contributed by atoms with van der Waals surface area (Å²) in [6.45, 7) is 0.989. The number of carbonyl (C=O) groups is 1. The van der Waals surface area contributed by atoms with Gasteiger partial charge in [0.2, 0.25) is 0 Å². The first-order valence-electron chi connectivity index (χ1n) is 9.90. The van der Waals surface area contributed by atoms with E-state index in [4.69, 9.17) is 10.5 Å². The zero-order valence-electron chi connectivity index (χ0n) is 16.3. The predicted octanol–water partition coefficient (Wildman–Crippen LogP) is 4.73. The van der Waals surface area contributed by atoms with Crippen LogP contribution in [0.15, 0.2) is 45.3 Å². The number of nitrogen functional groups attached to an aromatic ring is 1. The molecule has 154 valence electrons. The standard InChI is InChI=1S/C22H25Br2N3O2/c1-29-21-17(11-18(23)20(25)19(21)24)22(28)26-14-9-15-7-8-16(10-14)27(15)12-13-5-3-2-4-6-13/h2-6,11,14-16H,7-10,12,25H2,1H3,(H,26,28). The van der Waals surface area contributed by atoms with Crippen LogP contribution in [0.3, 0.4) is 0 Å². The average molecular weight is 523 g/mol. The molecule has 0 saturated carbocycles. The van der Waals surface area contributed by atoms with E-state index in [0.717, 1.165) is 19.4 Å². The second-order valence-corrected chi connectivity index (χ2v) is 9.50. The van der Waals surface area contributed by atoms with Crippen LogP contribution in [0, 0.1) is 0 Å². The van der Waals surface area contributed by atoms with E-state index in [2.05, 4.69) is 72.4 Å². The fourth-order valence-electron chi connectivity index (χ4n) is 4.69. The lowest BCUT2D eigenvalue weighted by Gasteiger charge is -2.39. The topological polar surface area (TPSA) is 67.6 Å². The van der Waals surface area contributed by atoms with Gasteiger partial charge in [0.1, 0.15) is 5.75 Å². The third kappa shape index (κ3) is 4.18. The Morgan fingerprint density at radius 1 is 1.21 bits per heavy atom. The normalized spacial score (nSPS) is 23.8. The highest BCUT2D eigenvalue weighted by atomic mass is 79.9. The van der Waals surface area contributed by atoms with E-state index in [1.54, 1.807) is 13.2 Å². The van der Waals surface area contributed by atoms with Gasteiger partial charge < -0.3 is 15.8 Å². The molecule has 2 unspecified atom stereocenters. The van der Waals surface area contributed by atoms with Crippen LogP contribution < -0.4 is 15.8 Å². The minimum Gasteiger partial charge on any atom is -0.495 e. The number of carbonyl (C=O) groups excluding carboxylic acids is 1. The molecule has 2 heterocycles. The number of amides is 1. The summed E-state index contributed by atoms with van der Waals surface area (Å²) in [6, 6.07) is 13.6. The quantitative estimate of drug-likeness (QED) is 0.557. The maximum atomic E-state index is 13.0. The van der Waals surface area contributed by atoms with Crippen molar-refractivity contribution >= 4 is 43.5 Å². The molecule has 2 aromatic rings. The minimum absolute atomic E-state index is 0.121. The molecule has 2 aromatic carbocycles. The molecule has 1 amide bonds. The maximum Gasteiger partial charge on any atom is 0.255 e. The van der Waals surface area contributed by atoms with E-state index in [0.29, 0.717) is 38.0 Å². The Morgan fingerprint density at radius 3 is 2.48 bits per heavy atom. The Morgan fingerprint density at radius 2 is 1.86 bits per heavy atom. The number of hydrogen-bond donors (Lipinski definition) is 2. The van der Waals surface area contributed by atoms with E-state index < -0.39 is 0 Å². The van der Waals surface area contributed by atoms with Crippen molar-refractivity contribution in [1.82, 2.24) is 10.2 Å². The van der Waals surface area contributed by atoms with E-state index in [9.17, 15) is 4.79 Å². The van der Waals surface area contributed by atoms with Crippen LogP contribution in [-0.2, 0) is 6.54 Å². The Balaban J connectivity index is 1.45. The summed E-state index contributed by atoms with van der Waals surface area (Å²) < 4.78 is 6.71. The summed E-state index contributed by atoms with van der Waals surface area (Å²) in [5, 5.41) is 3.24. The van der Waals surface area contributed by atoms with Crippen molar-refractivity contribution in [3.8, 4) is 5.75 Å². The summed E-state index contributed by atoms with van der Waals surface area (Å²) in [5.74, 6) is 0.344. The average Bonchev–Trinajstić information content (AvgIpc) is 2.95. The molecule has 0 aliphatic carbocycles. The van der Waals surface area contributed by atoms with Gasteiger partial charge in [-0.1, -0.05) is 30.3 Å². The lowest BCUT2D eigenvalue weighted by molar-refractivity contribution is 0.0825. The van der Waals surface area contributed by atoms with Crippen molar-refractivity contribution in [2.45, 2.75) is 50.4 Å². The molecule has 4 rings (SSSR count). The third-order valence-corrected chi connectivity index (χ3v) is 7.53. The van der Waals surface area contributed by atoms with Crippen molar-refractivity contribution in [1.29, 1.82) is 0 Å². The molecule has 29 heavy (non-hydrogen) atoms. The maximum absolute atomic E-state index is 13.0. The number of benzene rings is 2. The number of nitrogens with one attached hydrogen (secondary N) is 1. The van der Waals surface area contributed by atoms with Gasteiger partial charge in [0.05, 0.1) is 22.8 Å². The number of fused-ring (bicyclic) bond motifs is 2. The number of methoxy groups -OCH3 is 1. The van der Waals surface area contributed by atoms with Crippen molar-refractivity contribution in [2.24, 2.45) is 0 Å². The van der Waals surface area contributed by atoms with Crippen molar-refractivity contribution in [2.75, 3.05) is 12.8 Å². The molecule has 0 spiro atoms. The number of hydrogen-bond acceptors (Lipinski definition) is 4. The van der Waals surface area contributed by atoms with Crippen LogP contribution >= 0.6 is 31.9 Å². The van der Waals surface area contributed by atoms with Gasteiger partial charge in [-0.05, 0) is 69.2 Å². The summed E-state index contributed by atoms with van der Waals surface area (Å²) in [7, 11) is 1.55. The second-order valence-electron chi connectivity index (χ2n) is 7.85. The van der Waals surface area contributed by atoms with Crippen molar-refractivity contribution < 1.29 is 9.53 Å². The molecule has 2 bridgehead atoms. The number of piperidine rings is 1. The van der Waals surface area contributed by atoms with Crippen molar-refractivity contribution in [3.05, 3.63) is 56.5 Å². The van der Waals surface area contributed by atoms with Gasteiger partial charge in [-0.2, -0.15) is 0 Å². The first-order valence-corrected chi connectivity index (χ1v) is 11.5. The Bertz CT molecular complexity index is 893. The molecule has 2 fully saturated rings. The SMILES string of the molecule is COc1c(C(=O)NC2CC3CCC(C2)N3Cc2ccccc2)cc(Br)c(N)c1Br. The first-order chi connectivity index (χ1) is 14.0. The molecular weight excluding hydrogens is 498 g/mol. The van der Waals surface area contributed by atoms with E-state index in [1.165, 1.54) is 18.4 Å². The Labute approximate surface area is 188 Å². The predicted molar refractivity (Wildman–Crippen MR) is 122 cm³/mol. The largest absolute Gasteiger partial charge is 0.495 e. The van der Waals surface area contributed by atoms with Crippen LogP contribution in [0.25, 0.3) is 0 Å². The van der Waals surface area contributed by atoms with E-state index in [-0.39, 0.29) is 11.9 Å². The third-order valence-electron chi connectivity index (χ3n) is 6.09. The fraction of sp³-hybridized carbons (Fsp3) is 0.409. The number of nitrogens with two attached hydrogens (primary N) is 1. The molecule has 2 saturated heterocycles. The van der Waals surface area contributed by atoms with Gasteiger partial charge in [0.25, 0.3) is 5.91 Å². The molecule has 2 atom stereocenters. The monoisotopic (exact) mass is 521 g/mol. The van der Waals surface area contributed by atoms with Crippen LogP contribution in [0.1, 0.15) is 41.6 Å². The fourth-order valence-corrected chi connectivity index (χ4v) is 5.97. The zero-order chi connectivity index (χ0) is 20.5. The van der Waals surface area contributed by atoms with Gasteiger partial charge in [0, 0.05) is 29.1 Å². The molecule has 5 nitrogen and oxygen atoms in total. The number of halogens is 2. The molecular formula is C22H25Br2N3O2. The molecule has 7 heteroatoms. The summed E-state index contributed by atoms with van der Waals surface area (Å²) >= 11 is 6.86. The van der Waals surface area contributed by atoms with Gasteiger partial charge in [0.15, 0.2) is 0 Å². The number of ether oxygens (including phenoxy) is 1. The van der Waals surface area contributed by atoms with Gasteiger partial charge >= 0.3 is 0 Å². The first kappa shape index (κ1) is 20.7. The lowest BCUT2D eigenvalue weighted by Crippen LogP contribution is -2.50. The number of nitrogens with zero attached hydrogens (tertiary/aromatic N) is 1. The molecule has 3 N–H and O–H groups in total. The summed E-state index contributed by atoms with van der Waals surface area (Å²) in [4.78, 5) is 15.6.